The van der Waals surface area contributed by atoms with Crippen molar-refractivity contribution in [1.29, 1.82) is 0 Å². The van der Waals surface area contributed by atoms with Gasteiger partial charge in [-0.3, -0.25) is 4.90 Å². The lowest BCUT2D eigenvalue weighted by atomic mass is 10.1. The van der Waals surface area contributed by atoms with Crippen LogP contribution in [0.2, 0.25) is 0 Å². The third kappa shape index (κ3) is 4.75. The summed E-state index contributed by atoms with van der Waals surface area (Å²) >= 11 is 0. The molecule has 1 heterocycles. The Hall–Kier alpha value is -2.00. The fourth-order valence-corrected chi connectivity index (χ4v) is 3.33. The standard InChI is InChI=1S/C21H29N3/c1-2-14-23-15-17-24(18-16-23)21-10-8-20(9-11-21)22-13-12-19-6-4-3-5-7-19/h3-11,22H,2,12-18H2,1H3. The molecular weight excluding hydrogens is 294 g/mol. The highest BCUT2D eigenvalue weighted by atomic mass is 15.3. The quantitative estimate of drug-likeness (QED) is 0.834. The molecule has 0 saturated carbocycles. The van der Waals surface area contributed by atoms with Crippen LogP contribution in [0.15, 0.2) is 54.6 Å². The van der Waals surface area contributed by atoms with Crippen LogP contribution in [0.4, 0.5) is 11.4 Å². The van der Waals surface area contributed by atoms with E-state index in [9.17, 15) is 0 Å². The molecule has 0 spiro atoms. The Kier molecular flexibility index (Phi) is 6.13. The van der Waals surface area contributed by atoms with E-state index in [0.29, 0.717) is 0 Å². The fraction of sp³-hybridized carbons (Fsp3) is 0.429. The summed E-state index contributed by atoms with van der Waals surface area (Å²) in [6, 6.07) is 19.6. The van der Waals surface area contributed by atoms with Crippen LogP contribution in [0.5, 0.6) is 0 Å². The number of anilines is 2. The Balaban J connectivity index is 1.45. The van der Waals surface area contributed by atoms with Gasteiger partial charge in [-0.2, -0.15) is 0 Å². The monoisotopic (exact) mass is 323 g/mol. The molecule has 2 aromatic carbocycles. The lowest BCUT2D eigenvalue weighted by Gasteiger charge is -2.36. The Bertz CT molecular complexity index is 586. The first-order valence-corrected chi connectivity index (χ1v) is 9.20. The van der Waals surface area contributed by atoms with Gasteiger partial charge in [0, 0.05) is 44.1 Å². The van der Waals surface area contributed by atoms with Gasteiger partial charge in [0.05, 0.1) is 0 Å². The number of hydrogen-bond acceptors (Lipinski definition) is 3. The van der Waals surface area contributed by atoms with Crippen LogP contribution >= 0.6 is 0 Å². The first kappa shape index (κ1) is 16.8. The zero-order valence-corrected chi connectivity index (χ0v) is 14.7. The van der Waals surface area contributed by atoms with E-state index >= 15 is 0 Å². The molecular formula is C21H29N3. The van der Waals surface area contributed by atoms with E-state index in [2.05, 4.69) is 76.6 Å². The lowest BCUT2D eigenvalue weighted by Crippen LogP contribution is -2.46. The molecule has 0 radical (unpaired) electrons. The van der Waals surface area contributed by atoms with Gasteiger partial charge in [-0.15, -0.1) is 0 Å². The highest BCUT2D eigenvalue weighted by Crippen LogP contribution is 2.19. The summed E-state index contributed by atoms with van der Waals surface area (Å²) in [5.74, 6) is 0. The third-order valence-electron chi connectivity index (χ3n) is 4.73. The van der Waals surface area contributed by atoms with E-state index in [1.165, 1.54) is 43.0 Å². The molecule has 0 amide bonds. The number of nitrogens with zero attached hydrogens (tertiary/aromatic N) is 2. The smallest absolute Gasteiger partial charge is 0.0368 e. The highest BCUT2D eigenvalue weighted by molar-refractivity contribution is 5.55. The predicted molar refractivity (Wildman–Crippen MR) is 104 cm³/mol. The van der Waals surface area contributed by atoms with Crippen molar-refractivity contribution in [3.63, 3.8) is 0 Å². The first-order chi connectivity index (χ1) is 11.8. The average molecular weight is 323 g/mol. The Labute approximate surface area is 146 Å². The summed E-state index contributed by atoms with van der Waals surface area (Å²) in [6.07, 6.45) is 2.31. The molecule has 0 aliphatic carbocycles. The van der Waals surface area contributed by atoms with E-state index in [-0.39, 0.29) is 0 Å². The first-order valence-electron chi connectivity index (χ1n) is 9.20. The topological polar surface area (TPSA) is 18.5 Å². The van der Waals surface area contributed by atoms with Crippen molar-refractivity contribution < 1.29 is 0 Å². The van der Waals surface area contributed by atoms with Crippen molar-refractivity contribution in [1.82, 2.24) is 4.90 Å². The van der Waals surface area contributed by atoms with Crippen LogP contribution in [0.25, 0.3) is 0 Å². The van der Waals surface area contributed by atoms with Gasteiger partial charge in [-0.05, 0) is 49.2 Å². The Morgan fingerprint density at radius 1 is 0.875 bits per heavy atom. The number of nitrogens with one attached hydrogen (secondary N) is 1. The van der Waals surface area contributed by atoms with Crippen molar-refractivity contribution in [3.05, 3.63) is 60.2 Å². The van der Waals surface area contributed by atoms with Crippen LogP contribution in [0, 0.1) is 0 Å². The van der Waals surface area contributed by atoms with Crippen molar-refractivity contribution in [2.75, 3.05) is 49.5 Å². The molecule has 0 atom stereocenters. The lowest BCUT2D eigenvalue weighted by molar-refractivity contribution is 0.258. The molecule has 1 aliphatic heterocycles. The second-order valence-electron chi connectivity index (χ2n) is 6.54. The van der Waals surface area contributed by atoms with Gasteiger partial charge >= 0.3 is 0 Å². The maximum absolute atomic E-state index is 3.52. The summed E-state index contributed by atoms with van der Waals surface area (Å²) in [7, 11) is 0. The van der Waals surface area contributed by atoms with E-state index in [4.69, 9.17) is 0 Å². The zero-order chi connectivity index (χ0) is 16.6. The molecule has 3 rings (SSSR count). The molecule has 128 valence electrons. The van der Waals surface area contributed by atoms with E-state index in [1.54, 1.807) is 0 Å². The van der Waals surface area contributed by atoms with Gasteiger partial charge < -0.3 is 10.2 Å². The third-order valence-corrected chi connectivity index (χ3v) is 4.73. The molecule has 0 unspecified atom stereocenters. The summed E-state index contributed by atoms with van der Waals surface area (Å²) in [4.78, 5) is 5.07. The minimum Gasteiger partial charge on any atom is -0.385 e. The number of rotatable bonds is 7. The van der Waals surface area contributed by atoms with Gasteiger partial charge in [0.15, 0.2) is 0 Å². The molecule has 0 bridgehead atoms. The summed E-state index contributed by atoms with van der Waals surface area (Å²) < 4.78 is 0. The molecule has 1 saturated heterocycles. The molecule has 0 aromatic heterocycles. The van der Waals surface area contributed by atoms with E-state index < -0.39 is 0 Å². The van der Waals surface area contributed by atoms with Gasteiger partial charge in [-0.25, -0.2) is 0 Å². The summed E-state index contributed by atoms with van der Waals surface area (Å²) in [5, 5.41) is 3.52. The molecule has 2 aromatic rings. The molecule has 3 nitrogen and oxygen atoms in total. The predicted octanol–water partition coefficient (Wildman–Crippen LogP) is 3.87. The molecule has 24 heavy (non-hydrogen) atoms. The van der Waals surface area contributed by atoms with Crippen LogP contribution in [-0.4, -0.2) is 44.2 Å². The molecule has 1 N–H and O–H groups in total. The van der Waals surface area contributed by atoms with Gasteiger partial charge in [0.1, 0.15) is 0 Å². The van der Waals surface area contributed by atoms with Gasteiger partial charge in [0.2, 0.25) is 0 Å². The zero-order valence-electron chi connectivity index (χ0n) is 14.7. The van der Waals surface area contributed by atoms with Gasteiger partial charge in [0.25, 0.3) is 0 Å². The SMILES string of the molecule is CCCN1CCN(c2ccc(NCCc3ccccc3)cc2)CC1. The summed E-state index contributed by atoms with van der Waals surface area (Å²) in [6.45, 7) is 9.12. The number of hydrogen-bond donors (Lipinski definition) is 1. The second kappa shape index (κ2) is 8.74. The van der Waals surface area contributed by atoms with Crippen molar-refractivity contribution in [2.45, 2.75) is 19.8 Å². The van der Waals surface area contributed by atoms with Crippen molar-refractivity contribution >= 4 is 11.4 Å². The summed E-state index contributed by atoms with van der Waals surface area (Å²) in [5.41, 5.74) is 3.94. The van der Waals surface area contributed by atoms with E-state index in [1.807, 2.05) is 0 Å². The molecule has 3 heteroatoms. The maximum atomic E-state index is 3.52. The highest BCUT2D eigenvalue weighted by Gasteiger charge is 2.16. The van der Waals surface area contributed by atoms with Crippen LogP contribution in [-0.2, 0) is 6.42 Å². The maximum Gasteiger partial charge on any atom is 0.0368 e. The number of benzene rings is 2. The minimum absolute atomic E-state index is 0.971. The Morgan fingerprint density at radius 3 is 2.25 bits per heavy atom. The van der Waals surface area contributed by atoms with Gasteiger partial charge in [-0.1, -0.05) is 37.3 Å². The van der Waals surface area contributed by atoms with Crippen LogP contribution in [0.1, 0.15) is 18.9 Å². The fourth-order valence-electron chi connectivity index (χ4n) is 3.33. The molecule has 1 aliphatic rings. The van der Waals surface area contributed by atoms with Crippen LogP contribution in [0.3, 0.4) is 0 Å². The largest absolute Gasteiger partial charge is 0.385 e. The van der Waals surface area contributed by atoms with Crippen LogP contribution < -0.4 is 10.2 Å². The van der Waals surface area contributed by atoms with E-state index in [0.717, 1.165) is 26.1 Å². The number of piperazine rings is 1. The average Bonchev–Trinajstić information content (AvgIpc) is 2.64. The Morgan fingerprint density at radius 2 is 1.58 bits per heavy atom. The van der Waals surface area contributed by atoms with Crippen molar-refractivity contribution in [3.8, 4) is 0 Å². The van der Waals surface area contributed by atoms with Crippen molar-refractivity contribution in [2.24, 2.45) is 0 Å². The minimum atomic E-state index is 0.971. The second-order valence-corrected chi connectivity index (χ2v) is 6.54. The normalized spacial score (nSPS) is 15.5. The molecule has 1 fully saturated rings.